The lowest BCUT2D eigenvalue weighted by molar-refractivity contribution is 0.0600. The summed E-state index contributed by atoms with van der Waals surface area (Å²) >= 11 is 10.3. The third-order valence-electron chi connectivity index (χ3n) is 2.57. The van der Waals surface area contributed by atoms with Gasteiger partial charge in [-0.1, -0.05) is 15.9 Å². The van der Waals surface area contributed by atoms with Crippen LogP contribution in [0.4, 0.5) is 0 Å². The van der Waals surface area contributed by atoms with Gasteiger partial charge in [-0.15, -0.1) is 0 Å². The Morgan fingerprint density at radius 3 is 2.38 bits per heavy atom. The highest BCUT2D eigenvalue weighted by Gasteiger charge is 2.10. The van der Waals surface area contributed by atoms with Crippen molar-refractivity contribution in [3.63, 3.8) is 0 Å². The third kappa shape index (κ3) is 4.28. The molecule has 0 saturated carbocycles. The summed E-state index contributed by atoms with van der Waals surface area (Å²) in [6, 6.07) is 7.18. The van der Waals surface area contributed by atoms with Crippen LogP contribution < -0.4 is 4.74 Å². The van der Waals surface area contributed by atoms with Gasteiger partial charge in [-0.05, 0) is 56.1 Å². The molecule has 2 rings (SSSR count). The number of nitrogens with zero attached hydrogens (tertiary/aromatic N) is 1. The summed E-state index contributed by atoms with van der Waals surface area (Å²) < 4.78 is 13.0. The van der Waals surface area contributed by atoms with E-state index in [-0.39, 0.29) is 0 Å². The van der Waals surface area contributed by atoms with Crippen LogP contribution in [0.2, 0.25) is 0 Å². The van der Waals surface area contributed by atoms with Gasteiger partial charge < -0.3 is 9.47 Å². The van der Waals surface area contributed by atoms with Crippen LogP contribution in [0.3, 0.4) is 0 Å². The predicted octanol–water partition coefficient (Wildman–Crippen LogP) is 4.73. The number of methoxy groups -OCH3 is 1. The highest BCUT2D eigenvalue weighted by molar-refractivity contribution is 9.11. The topological polar surface area (TPSA) is 48.4 Å². The Morgan fingerprint density at radius 1 is 1.19 bits per heavy atom. The fourth-order valence-electron chi connectivity index (χ4n) is 1.56. The van der Waals surface area contributed by atoms with E-state index in [0.29, 0.717) is 23.6 Å². The largest absolute Gasteiger partial charge is 0.485 e. The molecule has 1 heterocycles. The summed E-state index contributed by atoms with van der Waals surface area (Å²) in [6.45, 7) is 0.292. The predicted molar refractivity (Wildman–Crippen MR) is 89.5 cm³/mol. The lowest BCUT2D eigenvalue weighted by Gasteiger charge is -2.10. The number of pyridine rings is 1. The van der Waals surface area contributed by atoms with Gasteiger partial charge >= 0.3 is 5.97 Å². The SMILES string of the molecule is COC(=O)c1ccc(COc2c(Br)cc(Br)cc2Br)nc1. The normalized spacial score (nSPS) is 10.3. The number of ether oxygens (including phenoxy) is 2. The lowest BCUT2D eigenvalue weighted by Crippen LogP contribution is -2.04. The molecule has 0 atom stereocenters. The molecule has 0 N–H and O–H groups in total. The Bertz CT molecular complexity index is 636. The molecule has 0 aliphatic rings. The Labute approximate surface area is 147 Å². The number of carbonyl (C=O) groups excluding carboxylic acids is 1. The number of benzene rings is 1. The highest BCUT2D eigenvalue weighted by atomic mass is 79.9. The molecular formula is C14H10Br3NO3. The number of esters is 1. The van der Waals surface area contributed by atoms with Crippen molar-refractivity contribution in [2.75, 3.05) is 7.11 Å². The Kier molecular flexibility index (Phi) is 5.78. The molecule has 4 nitrogen and oxygen atoms in total. The standard InChI is InChI=1S/C14H10Br3NO3/c1-20-14(19)8-2-3-10(18-6-8)7-21-13-11(16)4-9(15)5-12(13)17/h2-6H,7H2,1H3. The van der Waals surface area contributed by atoms with Gasteiger partial charge in [-0.25, -0.2) is 4.79 Å². The van der Waals surface area contributed by atoms with Crippen LogP contribution in [0.15, 0.2) is 43.9 Å². The average Bonchev–Trinajstić information content (AvgIpc) is 2.46. The van der Waals surface area contributed by atoms with E-state index in [9.17, 15) is 4.79 Å². The van der Waals surface area contributed by atoms with E-state index in [2.05, 4.69) is 57.5 Å². The molecule has 0 spiro atoms. The number of hydrogen-bond donors (Lipinski definition) is 0. The van der Waals surface area contributed by atoms with Crippen LogP contribution in [0.1, 0.15) is 16.1 Å². The third-order valence-corrected chi connectivity index (χ3v) is 4.21. The van der Waals surface area contributed by atoms with Crippen molar-refractivity contribution in [3.05, 3.63) is 55.1 Å². The summed E-state index contributed by atoms with van der Waals surface area (Å²) in [5.41, 5.74) is 1.12. The Morgan fingerprint density at radius 2 is 1.86 bits per heavy atom. The number of hydrogen-bond acceptors (Lipinski definition) is 4. The van der Waals surface area contributed by atoms with Gasteiger partial charge in [0.2, 0.25) is 0 Å². The minimum Gasteiger partial charge on any atom is -0.485 e. The second-order valence-corrected chi connectivity index (χ2v) is 6.64. The van der Waals surface area contributed by atoms with Crippen molar-refractivity contribution >= 4 is 53.8 Å². The van der Waals surface area contributed by atoms with Crippen molar-refractivity contribution in [2.45, 2.75) is 6.61 Å². The molecule has 1 aromatic carbocycles. The molecule has 0 amide bonds. The van der Waals surface area contributed by atoms with E-state index < -0.39 is 5.97 Å². The maximum atomic E-state index is 11.3. The van der Waals surface area contributed by atoms with Crippen molar-refractivity contribution in [1.82, 2.24) is 4.98 Å². The number of aromatic nitrogens is 1. The summed E-state index contributed by atoms with van der Waals surface area (Å²) in [5, 5.41) is 0. The first-order valence-corrected chi connectivity index (χ1v) is 8.19. The molecule has 0 fully saturated rings. The second-order valence-electron chi connectivity index (χ2n) is 4.02. The number of rotatable bonds is 4. The van der Waals surface area contributed by atoms with Crippen LogP contribution in [0.25, 0.3) is 0 Å². The zero-order chi connectivity index (χ0) is 15.4. The van der Waals surface area contributed by atoms with Gasteiger partial charge in [0, 0.05) is 10.7 Å². The Hall–Kier alpha value is -0.920. The molecule has 2 aromatic rings. The second kappa shape index (κ2) is 7.38. The summed E-state index contributed by atoms with van der Waals surface area (Å²) in [7, 11) is 1.34. The molecule has 0 aliphatic carbocycles. The summed E-state index contributed by atoms with van der Waals surface area (Å²) in [4.78, 5) is 15.5. The van der Waals surface area contributed by atoms with Gasteiger partial charge in [-0.3, -0.25) is 4.98 Å². The molecule has 0 saturated heterocycles. The van der Waals surface area contributed by atoms with Crippen molar-refractivity contribution in [3.8, 4) is 5.75 Å². The number of halogens is 3. The van der Waals surface area contributed by atoms with Crippen LogP contribution in [-0.4, -0.2) is 18.1 Å². The fraction of sp³-hybridized carbons (Fsp3) is 0.143. The van der Waals surface area contributed by atoms with Gasteiger partial charge in [0.15, 0.2) is 0 Å². The summed E-state index contributed by atoms with van der Waals surface area (Å²) in [6.07, 6.45) is 1.47. The molecule has 0 bridgehead atoms. The lowest BCUT2D eigenvalue weighted by atomic mass is 10.2. The quantitative estimate of drug-likeness (QED) is 0.595. The van der Waals surface area contributed by atoms with E-state index in [1.54, 1.807) is 12.1 Å². The first kappa shape index (κ1) is 16.5. The van der Waals surface area contributed by atoms with Crippen LogP contribution >= 0.6 is 47.8 Å². The zero-order valence-corrected chi connectivity index (χ0v) is 15.7. The van der Waals surface area contributed by atoms with E-state index >= 15 is 0 Å². The van der Waals surface area contributed by atoms with Crippen LogP contribution in [0, 0.1) is 0 Å². The Balaban J connectivity index is 2.08. The van der Waals surface area contributed by atoms with Crippen molar-refractivity contribution in [2.24, 2.45) is 0 Å². The monoisotopic (exact) mass is 477 g/mol. The number of carbonyl (C=O) groups is 1. The maximum Gasteiger partial charge on any atom is 0.339 e. The zero-order valence-electron chi connectivity index (χ0n) is 10.9. The van der Waals surface area contributed by atoms with Gasteiger partial charge in [0.25, 0.3) is 0 Å². The molecule has 0 radical (unpaired) electrons. The minimum atomic E-state index is -0.409. The first-order chi connectivity index (χ1) is 10.0. The van der Waals surface area contributed by atoms with E-state index in [1.165, 1.54) is 13.3 Å². The smallest absolute Gasteiger partial charge is 0.339 e. The molecule has 1 aromatic heterocycles. The molecular weight excluding hydrogens is 470 g/mol. The van der Waals surface area contributed by atoms with Crippen molar-refractivity contribution < 1.29 is 14.3 Å². The average molecular weight is 480 g/mol. The van der Waals surface area contributed by atoms with Gasteiger partial charge in [0.1, 0.15) is 12.4 Å². The summed E-state index contributed by atoms with van der Waals surface area (Å²) in [5.74, 6) is 0.283. The first-order valence-electron chi connectivity index (χ1n) is 5.82. The highest BCUT2D eigenvalue weighted by Crippen LogP contribution is 2.36. The van der Waals surface area contributed by atoms with E-state index in [0.717, 1.165) is 13.4 Å². The minimum absolute atomic E-state index is 0.292. The van der Waals surface area contributed by atoms with E-state index in [1.807, 2.05) is 12.1 Å². The molecule has 0 unspecified atom stereocenters. The van der Waals surface area contributed by atoms with Crippen LogP contribution in [0.5, 0.6) is 5.75 Å². The molecule has 7 heteroatoms. The van der Waals surface area contributed by atoms with Crippen LogP contribution in [-0.2, 0) is 11.3 Å². The molecule has 110 valence electrons. The molecule has 0 aliphatic heterocycles. The fourth-order valence-corrected chi connectivity index (χ4v) is 4.05. The maximum absolute atomic E-state index is 11.3. The van der Waals surface area contributed by atoms with Gasteiger partial charge in [-0.2, -0.15) is 0 Å². The van der Waals surface area contributed by atoms with Gasteiger partial charge in [0.05, 0.1) is 27.3 Å². The van der Waals surface area contributed by atoms with E-state index in [4.69, 9.17) is 4.74 Å². The molecule has 21 heavy (non-hydrogen) atoms. The van der Waals surface area contributed by atoms with Crippen molar-refractivity contribution in [1.29, 1.82) is 0 Å².